The van der Waals surface area contributed by atoms with Gasteiger partial charge in [-0.15, -0.1) is 0 Å². The minimum absolute atomic E-state index is 0.0496. The summed E-state index contributed by atoms with van der Waals surface area (Å²) in [6, 6.07) is 10.1. The lowest BCUT2D eigenvalue weighted by Gasteiger charge is -2.13. The maximum Gasteiger partial charge on any atom is 0.225 e. The van der Waals surface area contributed by atoms with Gasteiger partial charge < -0.3 is 15.5 Å². The fraction of sp³-hybridized carbons (Fsp3) is 0.250. The van der Waals surface area contributed by atoms with E-state index in [0.717, 1.165) is 30.8 Å². The Morgan fingerprint density at radius 3 is 2.71 bits per heavy atom. The number of hydrogen-bond donors (Lipinski definition) is 2. The van der Waals surface area contributed by atoms with Crippen molar-refractivity contribution in [2.45, 2.75) is 6.42 Å². The minimum Gasteiger partial charge on any atom is -0.354 e. The summed E-state index contributed by atoms with van der Waals surface area (Å²) in [5.41, 5.74) is 2.25. The lowest BCUT2D eigenvalue weighted by Crippen LogP contribution is -2.17. The third-order valence-corrected chi connectivity index (χ3v) is 4.23. The third kappa shape index (κ3) is 5.61. The number of aromatic nitrogens is 3. The molecular weight excluding hydrogens is 379 g/mol. The van der Waals surface area contributed by atoms with E-state index in [4.69, 9.17) is 11.6 Å². The molecule has 0 spiro atoms. The SMILES string of the molecule is CN(C)CCCNc1nc(Nc2ccc(F)c(Cl)c2)cc(-c2cccnc2)n1. The Hall–Kier alpha value is -2.77. The molecule has 2 N–H and O–H groups in total. The monoisotopic (exact) mass is 400 g/mol. The maximum absolute atomic E-state index is 13.4. The molecule has 0 bridgehead atoms. The second-order valence-corrected chi connectivity index (χ2v) is 6.95. The number of rotatable bonds is 8. The zero-order chi connectivity index (χ0) is 19.9. The van der Waals surface area contributed by atoms with Crippen molar-refractivity contribution in [1.29, 1.82) is 0 Å². The van der Waals surface area contributed by atoms with Crippen LogP contribution in [-0.2, 0) is 0 Å². The molecule has 0 saturated carbocycles. The minimum atomic E-state index is -0.464. The number of benzene rings is 1. The molecule has 1 aromatic carbocycles. The van der Waals surface area contributed by atoms with E-state index in [1.54, 1.807) is 18.5 Å². The van der Waals surface area contributed by atoms with Gasteiger partial charge in [-0.1, -0.05) is 11.6 Å². The van der Waals surface area contributed by atoms with E-state index < -0.39 is 5.82 Å². The second kappa shape index (κ2) is 9.43. The molecule has 0 fully saturated rings. The summed E-state index contributed by atoms with van der Waals surface area (Å²) in [4.78, 5) is 15.4. The van der Waals surface area contributed by atoms with Crippen molar-refractivity contribution in [2.75, 3.05) is 37.8 Å². The highest BCUT2D eigenvalue weighted by molar-refractivity contribution is 6.31. The molecule has 28 heavy (non-hydrogen) atoms. The highest BCUT2D eigenvalue weighted by Gasteiger charge is 2.09. The van der Waals surface area contributed by atoms with Crippen molar-refractivity contribution in [1.82, 2.24) is 19.9 Å². The molecule has 6 nitrogen and oxygen atoms in total. The number of anilines is 3. The first kappa shape index (κ1) is 20.0. The molecule has 3 aromatic rings. The van der Waals surface area contributed by atoms with E-state index in [0.29, 0.717) is 17.5 Å². The zero-order valence-corrected chi connectivity index (χ0v) is 16.5. The van der Waals surface area contributed by atoms with E-state index in [-0.39, 0.29) is 5.02 Å². The standard InChI is InChI=1S/C20H22ClFN6/c1-28(2)10-4-9-24-20-26-18(14-5-3-8-23-13-14)12-19(27-20)25-15-6-7-17(22)16(21)11-15/h3,5-8,11-13H,4,9-10H2,1-2H3,(H2,24,25,26,27). The number of nitrogens with one attached hydrogen (secondary N) is 2. The molecule has 0 radical (unpaired) electrons. The molecule has 0 atom stereocenters. The molecule has 3 rings (SSSR count). The van der Waals surface area contributed by atoms with Gasteiger partial charge in [0.15, 0.2) is 0 Å². The van der Waals surface area contributed by atoms with Crippen LogP contribution in [0.1, 0.15) is 6.42 Å². The molecule has 0 amide bonds. The maximum atomic E-state index is 13.4. The van der Waals surface area contributed by atoms with E-state index in [9.17, 15) is 4.39 Å². The highest BCUT2D eigenvalue weighted by Crippen LogP contribution is 2.25. The molecule has 0 saturated heterocycles. The van der Waals surface area contributed by atoms with E-state index in [1.165, 1.54) is 12.1 Å². The molecule has 0 aliphatic rings. The predicted molar refractivity (Wildman–Crippen MR) is 112 cm³/mol. The van der Waals surface area contributed by atoms with Crippen LogP contribution in [0.5, 0.6) is 0 Å². The molecule has 8 heteroatoms. The van der Waals surface area contributed by atoms with Crippen molar-refractivity contribution < 1.29 is 4.39 Å². The Balaban J connectivity index is 1.85. The third-order valence-electron chi connectivity index (χ3n) is 3.94. The predicted octanol–water partition coefficient (Wildman–Crippen LogP) is 4.44. The topological polar surface area (TPSA) is 66.0 Å². The molecule has 0 unspecified atom stereocenters. The first-order valence-corrected chi connectivity index (χ1v) is 9.29. The van der Waals surface area contributed by atoms with Gasteiger partial charge in [0, 0.05) is 36.3 Å². The van der Waals surface area contributed by atoms with Crippen molar-refractivity contribution >= 4 is 29.1 Å². The van der Waals surface area contributed by atoms with Gasteiger partial charge in [0.25, 0.3) is 0 Å². The fourth-order valence-electron chi connectivity index (χ4n) is 2.57. The summed E-state index contributed by atoms with van der Waals surface area (Å²) in [5.74, 6) is 0.622. The lowest BCUT2D eigenvalue weighted by atomic mass is 10.2. The normalized spacial score (nSPS) is 10.9. The van der Waals surface area contributed by atoms with Crippen molar-refractivity contribution in [2.24, 2.45) is 0 Å². The summed E-state index contributed by atoms with van der Waals surface area (Å²) in [5, 5.41) is 6.47. The van der Waals surface area contributed by atoms with Gasteiger partial charge in [-0.25, -0.2) is 9.37 Å². The molecule has 2 heterocycles. The first-order valence-electron chi connectivity index (χ1n) is 8.91. The molecule has 146 valence electrons. The Labute approximate surface area is 168 Å². The Morgan fingerprint density at radius 2 is 2.00 bits per heavy atom. The average molecular weight is 401 g/mol. The van der Waals surface area contributed by atoms with Crippen LogP contribution in [0.3, 0.4) is 0 Å². The van der Waals surface area contributed by atoms with Crippen molar-refractivity contribution in [3.8, 4) is 11.3 Å². The fourth-order valence-corrected chi connectivity index (χ4v) is 2.75. The van der Waals surface area contributed by atoms with E-state index in [2.05, 4.69) is 30.5 Å². The number of pyridine rings is 1. The Morgan fingerprint density at radius 1 is 1.14 bits per heavy atom. The summed E-state index contributed by atoms with van der Waals surface area (Å²) < 4.78 is 13.4. The second-order valence-electron chi connectivity index (χ2n) is 6.54. The summed E-state index contributed by atoms with van der Waals surface area (Å²) in [6.07, 6.45) is 4.42. The zero-order valence-electron chi connectivity index (χ0n) is 15.8. The van der Waals surface area contributed by atoms with Crippen LogP contribution in [0.15, 0.2) is 48.8 Å². The Bertz CT molecular complexity index is 920. The van der Waals surface area contributed by atoms with Crippen molar-refractivity contribution in [3.05, 3.63) is 59.6 Å². The van der Waals surface area contributed by atoms with Crippen molar-refractivity contribution in [3.63, 3.8) is 0 Å². The van der Waals surface area contributed by atoms with E-state index >= 15 is 0 Å². The van der Waals surface area contributed by atoms with E-state index in [1.807, 2.05) is 32.3 Å². The van der Waals surface area contributed by atoms with Crippen LogP contribution in [0.4, 0.5) is 21.8 Å². The van der Waals surface area contributed by atoms with Gasteiger partial charge in [0.05, 0.1) is 10.7 Å². The first-order chi connectivity index (χ1) is 13.5. The molecular formula is C20H22ClFN6. The van der Waals surface area contributed by atoms with Gasteiger partial charge >= 0.3 is 0 Å². The smallest absolute Gasteiger partial charge is 0.225 e. The van der Waals surface area contributed by atoms with Crippen LogP contribution in [0.25, 0.3) is 11.3 Å². The van der Waals surface area contributed by atoms with Crippen LogP contribution >= 0.6 is 11.6 Å². The number of hydrogen-bond acceptors (Lipinski definition) is 6. The van der Waals surface area contributed by atoms with Crippen LogP contribution in [0, 0.1) is 5.82 Å². The number of nitrogens with zero attached hydrogens (tertiary/aromatic N) is 4. The van der Waals surface area contributed by atoms with Crippen LogP contribution in [-0.4, -0.2) is 47.0 Å². The van der Waals surface area contributed by atoms with Crippen LogP contribution < -0.4 is 10.6 Å². The average Bonchev–Trinajstić information content (AvgIpc) is 2.68. The molecule has 0 aliphatic heterocycles. The Kier molecular flexibility index (Phi) is 6.73. The molecule has 0 aliphatic carbocycles. The quantitative estimate of drug-likeness (QED) is 0.545. The highest BCUT2D eigenvalue weighted by atomic mass is 35.5. The van der Waals surface area contributed by atoms with Crippen LogP contribution in [0.2, 0.25) is 5.02 Å². The largest absolute Gasteiger partial charge is 0.354 e. The van der Waals surface area contributed by atoms with Gasteiger partial charge in [0.2, 0.25) is 5.95 Å². The van der Waals surface area contributed by atoms with Gasteiger partial charge in [-0.05, 0) is 57.4 Å². The number of halogens is 2. The van der Waals surface area contributed by atoms with Gasteiger partial charge in [-0.3, -0.25) is 4.98 Å². The van der Waals surface area contributed by atoms with Gasteiger partial charge in [0.1, 0.15) is 11.6 Å². The van der Waals surface area contributed by atoms with Gasteiger partial charge in [-0.2, -0.15) is 4.98 Å². The summed E-state index contributed by atoms with van der Waals surface area (Å²) in [7, 11) is 4.07. The molecule has 2 aromatic heterocycles. The lowest BCUT2D eigenvalue weighted by molar-refractivity contribution is 0.405. The summed E-state index contributed by atoms with van der Waals surface area (Å²) in [6.45, 7) is 1.71. The summed E-state index contributed by atoms with van der Waals surface area (Å²) >= 11 is 5.88.